The molecule has 0 N–H and O–H groups in total. The average molecular weight is 398 g/mol. The van der Waals surface area contributed by atoms with Crippen LogP contribution in [-0.4, -0.2) is 66.7 Å². The molecule has 1 amide bonds. The van der Waals surface area contributed by atoms with Gasteiger partial charge in [-0.15, -0.1) is 0 Å². The number of amides is 1. The molecule has 0 aliphatic carbocycles. The van der Waals surface area contributed by atoms with Crippen molar-refractivity contribution < 1.29 is 9.53 Å². The summed E-state index contributed by atoms with van der Waals surface area (Å²) >= 11 is 6.52. The molecule has 5 nitrogen and oxygen atoms in total. The van der Waals surface area contributed by atoms with Crippen molar-refractivity contribution in [3.05, 3.63) is 58.1 Å². The zero-order valence-electron chi connectivity index (χ0n) is 16.0. The number of hydrogen-bond acceptors (Lipinski definition) is 4. The molecule has 5 rings (SSSR count). The fourth-order valence-corrected chi connectivity index (χ4v) is 4.60. The number of hydrogen-bond donors (Lipinski definition) is 0. The van der Waals surface area contributed by atoms with E-state index >= 15 is 0 Å². The third kappa shape index (κ3) is 3.22. The molecule has 0 atom stereocenters. The normalized spacial score (nSPS) is 20.6. The van der Waals surface area contributed by atoms with Crippen LogP contribution in [0.3, 0.4) is 0 Å². The molecule has 2 aromatic rings. The van der Waals surface area contributed by atoms with Crippen molar-refractivity contribution in [3.63, 3.8) is 0 Å². The lowest BCUT2D eigenvalue weighted by Gasteiger charge is -2.34. The van der Waals surface area contributed by atoms with Crippen LogP contribution >= 0.6 is 11.6 Å². The van der Waals surface area contributed by atoms with Crippen molar-refractivity contribution in [2.45, 2.75) is 19.1 Å². The molecule has 3 heterocycles. The quantitative estimate of drug-likeness (QED) is 0.794. The first-order valence-corrected chi connectivity index (χ1v) is 10.2. The van der Waals surface area contributed by atoms with Gasteiger partial charge in [0.05, 0.1) is 36.5 Å². The van der Waals surface area contributed by atoms with Gasteiger partial charge in [-0.2, -0.15) is 0 Å². The summed E-state index contributed by atoms with van der Waals surface area (Å²) in [6.07, 6.45) is 0. The minimum Gasteiger partial charge on any atom is -0.377 e. The maximum atomic E-state index is 12.7. The summed E-state index contributed by atoms with van der Waals surface area (Å²) in [5.41, 5.74) is 5.19. The zero-order valence-corrected chi connectivity index (χ0v) is 16.8. The van der Waals surface area contributed by atoms with Crippen LogP contribution in [0.15, 0.2) is 36.4 Å². The van der Waals surface area contributed by atoms with Crippen LogP contribution in [0.2, 0.25) is 5.02 Å². The summed E-state index contributed by atoms with van der Waals surface area (Å²) < 4.78 is 5.25. The Morgan fingerprint density at radius 3 is 2.54 bits per heavy atom. The summed E-state index contributed by atoms with van der Waals surface area (Å²) in [4.78, 5) is 19.4. The van der Waals surface area contributed by atoms with Crippen LogP contribution in [0.25, 0.3) is 11.1 Å². The third-order valence-corrected chi connectivity index (χ3v) is 6.28. The third-order valence-electron chi connectivity index (χ3n) is 5.98. The highest BCUT2D eigenvalue weighted by Gasteiger charge is 2.37. The second kappa shape index (κ2) is 7.16. The summed E-state index contributed by atoms with van der Waals surface area (Å²) in [6, 6.07) is 12.9. The molecule has 2 saturated heterocycles. The summed E-state index contributed by atoms with van der Waals surface area (Å²) in [5, 5.41) is 0.546. The Hall–Kier alpha value is -1.92. The standard InChI is InChI=1S/C22H24ClN3O2/c1-24-6-7-25(14-24)10-15-2-4-16(5-3-15)17-8-18-11-26(19-12-28-13-19)22(27)21(18)20(23)9-17/h2-5,8-9,19H,6-7,10-14H2,1H3. The van der Waals surface area contributed by atoms with Gasteiger partial charge >= 0.3 is 0 Å². The Morgan fingerprint density at radius 2 is 1.89 bits per heavy atom. The first kappa shape index (κ1) is 18.1. The molecule has 2 fully saturated rings. The van der Waals surface area contributed by atoms with Gasteiger partial charge in [-0.05, 0) is 41.4 Å². The highest BCUT2D eigenvalue weighted by atomic mass is 35.5. The lowest BCUT2D eigenvalue weighted by Crippen LogP contribution is -2.48. The van der Waals surface area contributed by atoms with Crippen molar-refractivity contribution >= 4 is 17.5 Å². The molecule has 28 heavy (non-hydrogen) atoms. The van der Waals surface area contributed by atoms with E-state index in [4.69, 9.17) is 16.3 Å². The van der Waals surface area contributed by atoms with Crippen molar-refractivity contribution in [3.8, 4) is 11.1 Å². The minimum absolute atomic E-state index is 0.0331. The van der Waals surface area contributed by atoms with Gasteiger partial charge < -0.3 is 9.64 Å². The van der Waals surface area contributed by atoms with E-state index in [0.29, 0.717) is 30.3 Å². The molecule has 2 aromatic carbocycles. The number of halogens is 1. The van der Waals surface area contributed by atoms with Gasteiger partial charge in [0.25, 0.3) is 5.91 Å². The molecular weight excluding hydrogens is 374 g/mol. The molecule has 146 valence electrons. The topological polar surface area (TPSA) is 36.0 Å². The molecule has 3 aliphatic rings. The maximum absolute atomic E-state index is 12.7. The maximum Gasteiger partial charge on any atom is 0.256 e. The number of carbonyl (C=O) groups excluding carboxylic acids is 1. The molecule has 0 spiro atoms. The summed E-state index contributed by atoms with van der Waals surface area (Å²) in [7, 11) is 2.16. The highest BCUT2D eigenvalue weighted by Crippen LogP contribution is 2.36. The number of benzene rings is 2. The molecule has 6 heteroatoms. The highest BCUT2D eigenvalue weighted by molar-refractivity contribution is 6.34. The van der Waals surface area contributed by atoms with E-state index in [9.17, 15) is 4.79 Å². The van der Waals surface area contributed by atoms with Crippen molar-refractivity contribution in [2.75, 3.05) is 40.0 Å². The van der Waals surface area contributed by atoms with E-state index in [1.165, 1.54) is 5.56 Å². The Labute approximate surface area is 170 Å². The van der Waals surface area contributed by atoms with E-state index in [1.54, 1.807) is 0 Å². The van der Waals surface area contributed by atoms with Crippen molar-refractivity contribution in [1.29, 1.82) is 0 Å². The minimum atomic E-state index is 0.0331. The Kier molecular flexibility index (Phi) is 4.63. The number of rotatable bonds is 4. The Morgan fingerprint density at radius 1 is 1.11 bits per heavy atom. The van der Waals surface area contributed by atoms with Crippen LogP contribution in [0.5, 0.6) is 0 Å². The van der Waals surface area contributed by atoms with Crippen molar-refractivity contribution in [1.82, 2.24) is 14.7 Å². The molecule has 0 unspecified atom stereocenters. The lowest BCUT2D eigenvalue weighted by molar-refractivity contribution is -0.0540. The molecule has 0 radical (unpaired) electrons. The second-order valence-electron chi connectivity index (χ2n) is 8.09. The smallest absolute Gasteiger partial charge is 0.256 e. The number of fused-ring (bicyclic) bond motifs is 1. The number of ether oxygens (including phenoxy) is 1. The van der Waals surface area contributed by atoms with Crippen LogP contribution in [0.1, 0.15) is 21.5 Å². The van der Waals surface area contributed by atoms with Gasteiger partial charge in [0.2, 0.25) is 0 Å². The fraction of sp³-hybridized carbons (Fsp3) is 0.409. The summed E-state index contributed by atoms with van der Waals surface area (Å²) in [6.45, 7) is 6.12. The van der Waals surface area contributed by atoms with Gasteiger partial charge in [0, 0.05) is 26.2 Å². The number of carbonyl (C=O) groups is 1. The lowest BCUT2D eigenvalue weighted by atomic mass is 9.99. The molecule has 0 saturated carbocycles. The number of nitrogens with zero attached hydrogens (tertiary/aromatic N) is 3. The van der Waals surface area contributed by atoms with Crippen LogP contribution in [0, 0.1) is 0 Å². The fourth-order valence-electron chi connectivity index (χ4n) is 4.28. The first-order valence-electron chi connectivity index (χ1n) is 9.80. The van der Waals surface area contributed by atoms with Crippen LogP contribution < -0.4 is 0 Å². The molecular formula is C22H24ClN3O2. The SMILES string of the molecule is CN1CCN(Cc2ccc(-c3cc(Cl)c4c(c3)CN(C3COC3)C4=O)cc2)C1. The van der Waals surface area contributed by atoms with E-state index in [1.807, 2.05) is 11.0 Å². The predicted molar refractivity (Wildman–Crippen MR) is 109 cm³/mol. The number of likely N-dealkylation sites (N-methyl/N-ethyl adjacent to an activating group) is 1. The van der Waals surface area contributed by atoms with Gasteiger partial charge in [0.15, 0.2) is 0 Å². The first-order chi connectivity index (χ1) is 13.6. The van der Waals surface area contributed by atoms with Gasteiger partial charge in [-0.3, -0.25) is 14.6 Å². The zero-order chi connectivity index (χ0) is 19.3. The summed E-state index contributed by atoms with van der Waals surface area (Å²) in [5.74, 6) is 0.0331. The predicted octanol–water partition coefficient (Wildman–Crippen LogP) is 3.07. The molecule has 3 aliphatic heterocycles. The van der Waals surface area contributed by atoms with E-state index < -0.39 is 0 Å². The monoisotopic (exact) mass is 397 g/mol. The average Bonchev–Trinajstić information content (AvgIpc) is 3.18. The Bertz CT molecular complexity index is 911. The largest absolute Gasteiger partial charge is 0.377 e. The Balaban J connectivity index is 1.36. The van der Waals surface area contributed by atoms with Gasteiger partial charge in [0.1, 0.15) is 0 Å². The van der Waals surface area contributed by atoms with Gasteiger partial charge in [-0.25, -0.2) is 0 Å². The molecule has 0 bridgehead atoms. The van der Waals surface area contributed by atoms with Gasteiger partial charge in [-0.1, -0.05) is 35.9 Å². The van der Waals surface area contributed by atoms with E-state index in [2.05, 4.69) is 47.2 Å². The second-order valence-corrected chi connectivity index (χ2v) is 8.49. The van der Waals surface area contributed by atoms with Crippen LogP contribution in [-0.2, 0) is 17.8 Å². The molecule has 0 aromatic heterocycles. The van der Waals surface area contributed by atoms with E-state index in [0.717, 1.165) is 43.0 Å². The van der Waals surface area contributed by atoms with E-state index in [-0.39, 0.29) is 11.9 Å². The van der Waals surface area contributed by atoms with Crippen molar-refractivity contribution in [2.24, 2.45) is 0 Å². The van der Waals surface area contributed by atoms with Crippen LogP contribution in [0.4, 0.5) is 0 Å².